The van der Waals surface area contributed by atoms with Gasteiger partial charge in [-0.25, -0.2) is 0 Å². The van der Waals surface area contributed by atoms with Crippen molar-refractivity contribution in [3.63, 3.8) is 0 Å². The van der Waals surface area contributed by atoms with Crippen LogP contribution in [0.15, 0.2) is 11.9 Å². The van der Waals surface area contributed by atoms with Crippen molar-refractivity contribution in [1.29, 1.82) is 0 Å². The first-order valence-corrected chi connectivity index (χ1v) is 12.9. The molecule has 1 rings (SSSR count). The quantitative estimate of drug-likeness (QED) is 0.383. The van der Waals surface area contributed by atoms with E-state index in [9.17, 15) is 14.4 Å². The highest BCUT2D eigenvalue weighted by atomic mass is 32.5. The molecule has 1 aliphatic rings. The molecule has 7 nitrogen and oxygen atoms in total. The fourth-order valence-electron chi connectivity index (χ4n) is 3.01. The van der Waals surface area contributed by atoms with E-state index < -0.39 is 26.5 Å². The molecule has 11 heteroatoms. The van der Waals surface area contributed by atoms with E-state index in [0.717, 1.165) is 25.8 Å². The van der Waals surface area contributed by atoms with Crippen LogP contribution in [-0.4, -0.2) is 50.2 Å². The fourth-order valence-corrected chi connectivity index (χ4v) is 5.49. The van der Waals surface area contributed by atoms with Crippen LogP contribution in [-0.2, 0) is 34.7 Å². The largest absolute Gasteiger partial charge is 0.379 e. The van der Waals surface area contributed by atoms with Gasteiger partial charge in [0.1, 0.15) is 0 Å². The predicted octanol–water partition coefficient (Wildman–Crippen LogP) is 3.52. The third-order valence-corrected chi connectivity index (χ3v) is 7.03. The molecular weight excluding hydrogens is 397 g/mol. The summed E-state index contributed by atoms with van der Waals surface area (Å²) in [4.78, 5) is 20.1. The Kier molecular flexibility index (Phi) is 10.2. The van der Waals surface area contributed by atoms with Crippen LogP contribution in [0, 0.1) is 5.92 Å². The van der Waals surface area contributed by atoms with Crippen LogP contribution in [0.25, 0.3) is 0 Å². The van der Waals surface area contributed by atoms with Crippen molar-refractivity contribution in [2.24, 2.45) is 5.92 Å². The van der Waals surface area contributed by atoms with Gasteiger partial charge in [0, 0.05) is 26.0 Å². The van der Waals surface area contributed by atoms with E-state index >= 15 is 0 Å². The van der Waals surface area contributed by atoms with Crippen molar-refractivity contribution in [2.45, 2.75) is 63.7 Å². The molecule has 0 spiro atoms. The summed E-state index contributed by atoms with van der Waals surface area (Å²) in [6, 6.07) is 0. The Labute approximate surface area is 162 Å². The summed E-state index contributed by atoms with van der Waals surface area (Å²) in [6.45, 7) is 0.446. The first kappa shape index (κ1) is 24.5. The molecule has 0 aromatic carbocycles. The van der Waals surface area contributed by atoms with Gasteiger partial charge in [-0.05, 0) is 36.9 Å². The zero-order valence-corrected chi connectivity index (χ0v) is 18.3. The molecule has 3 unspecified atom stereocenters. The predicted molar refractivity (Wildman–Crippen MR) is 106 cm³/mol. The molecule has 1 aliphatic carbocycles. The summed E-state index contributed by atoms with van der Waals surface area (Å²) < 4.78 is 33.0. The Hall–Kier alpha value is 0.445. The van der Waals surface area contributed by atoms with Gasteiger partial charge in [-0.2, -0.15) is 0 Å². The first-order chi connectivity index (χ1) is 12.1. The highest BCUT2D eigenvalue weighted by molar-refractivity contribution is 8.07. The van der Waals surface area contributed by atoms with Crippen LogP contribution < -0.4 is 0 Å². The van der Waals surface area contributed by atoms with Crippen LogP contribution in [0.3, 0.4) is 0 Å². The Morgan fingerprint density at radius 2 is 1.96 bits per heavy atom. The molecule has 0 bridgehead atoms. The second kappa shape index (κ2) is 10.8. The molecule has 2 N–H and O–H groups in total. The SMILES string of the molecule is [B][C@@H]1C[C@H](/C=C/P(=O)(O)OC)[C@@H](OP(O)(=S)OC(CC)CCC)[C@H]1OC. The van der Waals surface area contributed by atoms with Crippen molar-refractivity contribution < 1.29 is 32.7 Å². The van der Waals surface area contributed by atoms with Gasteiger partial charge in [0.25, 0.3) is 0 Å². The lowest BCUT2D eigenvalue weighted by Gasteiger charge is -2.30. The van der Waals surface area contributed by atoms with Crippen molar-refractivity contribution in [3.05, 3.63) is 11.9 Å². The molecule has 1 fully saturated rings. The standard InChI is InChI=1S/C15H29BO7P2S/c1-5-7-12(6-2)22-25(19,26)23-14-11(8-9-24(17,18)21-4)10-13(16)15(14)20-3/h8-9,11-15H,5-7,10H2,1-4H3,(H,17,18)(H,19,26)/b9-8+/t11-,12?,13+,14+,15-,25?/m0/s1. The Balaban J connectivity index is 2.95. The van der Waals surface area contributed by atoms with Gasteiger partial charge in [-0.15, -0.1) is 0 Å². The second-order valence-corrected chi connectivity index (χ2v) is 10.8. The number of methoxy groups -OCH3 is 1. The first-order valence-electron chi connectivity index (χ1n) is 8.64. The molecule has 2 radical (unpaired) electrons. The Bertz CT molecular complexity index is 562. The fraction of sp³-hybridized carbons (Fsp3) is 0.867. The van der Waals surface area contributed by atoms with Crippen molar-refractivity contribution in [2.75, 3.05) is 14.2 Å². The molecule has 0 heterocycles. The van der Waals surface area contributed by atoms with Gasteiger partial charge >= 0.3 is 14.3 Å². The van der Waals surface area contributed by atoms with Gasteiger partial charge in [0.05, 0.1) is 26.2 Å². The highest BCUT2D eigenvalue weighted by Gasteiger charge is 2.44. The average Bonchev–Trinajstić information content (AvgIpc) is 2.86. The van der Waals surface area contributed by atoms with Gasteiger partial charge < -0.3 is 28.1 Å². The zero-order valence-electron chi connectivity index (χ0n) is 15.7. The van der Waals surface area contributed by atoms with Gasteiger partial charge in [-0.3, -0.25) is 4.57 Å². The average molecular weight is 426 g/mol. The van der Waals surface area contributed by atoms with E-state index in [-0.39, 0.29) is 17.8 Å². The highest BCUT2D eigenvalue weighted by Crippen LogP contribution is 2.53. The lowest BCUT2D eigenvalue weighted by atomic mass is 9.83. The third kappa shape index (κ3) is 7.46. The lowest BCUT2D eigenvalue weighted by molar-refractivity contribution is -0.00181. The second-order valence-electron chi connectivity index (χ2n) is 6.31. The molecule has 0 aromatic heterocycles. The third-order valence-electron chi connectivity index (χ3n) is 4.37. The minimum Gasteiger partial charge on any atom is -0.379 e. The molecule has 0 aromatic rings. The van der Waals surface area contributed by atoms with Crippen molar-refractivity contribution in [1.82, 2.24) is 0 Å². The minimum absolute atomic E-state index is 0.188. The minimum atomic E-state index is -3.82. The Morgan fingerprint density at radius 1 is 1.31 bits per heavy atom. The van der Waals surface area contributed by atoms with Gasteiger partial charge in [0.15, 0.2) is 0 Å². The van der Waals surface area contributed by atoms with Crippen LogP contribution in [0.1, 0.15) is 39.5 Å². The van der Waals surface area contributed by atoms with Crippen LogP contribution in [0.5, 0.6) is 0 Å². The number of rotatable bonds is 11. The molecule has 26 heavy (non-hydrogen) atoms. The van der Waals surface area contributed by atoms with Crippen molar-refractivity contribution in [3.8, 4) is 0 Å². The molecule has 7 atom stereocenters. The lowest BCUT2D eigenvalue weighted by Crippen LogP contribution is -2.31. The monoisotopic (exact) mass is 426 g/mol. The number of ether oxygens (including phenoxy) is 1. The van der Waals surface area contributed by atoms with E-state index in [1.165, 1.54) is 13.2 Å². The van der Waals surface area contributed by atoms with Crippen LogP contribution >= 0.6 is 14.3 Å². The Morgan fingerprint density at radius 3 is 2.46 bits per heavy atom. The number of hydrogen-bond donors (Lipinski definition) is 2. The molecule has 1 saturated carbocycles. The summed E-state index contributed by atoms with van der Waals surface area (Å²) in [6.07, 6.45) is 2.94. The molecule has 150 valence electrons. The molecule has 0 aliphatic heterocycles. The maximum Gasteiger partial charge on any atom is 0.351 e. The molecule has 0 amide bonds. The van der Waals surface area contributed by atoms with E-state index in [1.807, 2.05) is 13.8 Å². The van der Waals surface area contributed by atoms with Crippen LogP contribution in [0.4, 0.5) is 0 Å². The summed E-state index contributed by atoms with van der Waals surface area (Å²) in [5.41, 5.74) is 0. The summed E-state index contributed by atoms with van der Waals surface area (Å²) >= 11 is 5.18. The molecule has 0 saturated heterocycles. The van der Waals surface area contributed by atoms with Crippen LogP contribution in [0.2, 0.25) is 5.82 Å². The van der Waals surface area contributed by atoms with Crippen molar-refractivity contribution >= 4 is 34.0 Å². The van der Waals surface area contributed by atoms with E-state index in [0.29, 0.717) is 12.8 Å². The van der Waals surface area contributed by atoms with E-state index in [1.54, 1.807) is 0 Å². The normalized spacial score (nSPS) is 32.4. The summed E-state index contributed by atoms with van der Waals surface area (Å²) in [5.74, 6) is 0.356. The smallest absolute Gasteiger partial charge is 0.351 e. The molecular formula is C15H29BO7P2S. The van der Waals surface area contributed by atoms with E-state index in [2.05, 4.69) is 4.52 Å². The maximum atomic E-state index is 11.7. The van der Waals surface area contributed by atoms with Gasteiger partial charge in [-0.1, -0.05) is 26.3 Å². The van der Waals surface area contributed by atoms with E-state index in [4.69, 9.17) is 33.4 Å². The maximum absolute atomic E-state index is 11.7. The summed E-state index contributed by atoms with van der Waals surface area (Å²) in [5, 5.41) is 0. The summed E-state index contributed by atoms with van der Waals surface area (Å²) in [7, 11) is 4.92. The number of hydrogen-bond acceptors (Lipinski definition) is 6. The topological polar surface area (TPSA) is 94.5 Å². The van der Waals surface area contributed by atoms with Gasteiger partial charge in [0.2, 0.25) is 0 Å². The zero-order chi connectivity index (χ0) is 20.0.